The molecule has 0 aromatic heterocycles. The topological polar surface area (TPSA) is 55.3 Å². The Morgan fingerprint density at radius 3 is 2.33 bits per heavy atom. The first kappa shape index (κ1) is 21.8. The Bertz CT molecular complexity index is 814. The second kappa shape index (κ2) is 10.8. The normalized spacial score (nSPS) is 16.5. The van der Waals surface area contributed by atoms with E-state index in [-0.39, 0.29) is 0 Å². The van der Waals surface area contributed by atoms with Crippen molar-refractivity contribution in [2.45, 2.75) is 26.3 Å². The molecule has 0 saturated carbocycles. The fourth-order valence-electron chi connectivity index (χ4n) is 3.96. The zero-order valence-corrected chi connectivity index (χ0v) is 18.5. The zero-order chi connectivity index (χ0) is 21.3. The molecule has 1 aliphatic rings. The molecule has 3 rings (SSSR count). The molecule has 6 heteroatoms. The molecule has 1 heterocycles. The highest BCUT2D eigenvalue weighted by atomic mass is 16.5. The average molecular weight is 412 g/mol. The molecule has 1 unspecified atom stereocenters. The SMILES string of the molecule is CCNC(=NCc1cc(OC)c(OC)c(OC)c1)N1CCC(Cc2ccccc2)C1. The van der Waals surface area contributed by atoms with Crippen LogP contribution in [0.15, 0.2) is 47.5 Å². The minimum Gasteiger partial charge on any atom is -0.493 e. The summed E-state index contributed by atoms with van der Waals surface area (Å²) in [4.78, 5) is 7.26. The van der Waals surface area contributed by atoms with Crippen LogP contribution in [0.5, 0.6) is 17.2 Å². The van der Waals surface area contributed by atoms with E-state index in [1.165, 1.54) is 12.0 Å². The summed E-state index contributed by atoms with van der Waals surface area (Å²) in [6, 6.07) is 14.6. The van der Waals surface area contributed by atoms with Crippen LogP contribution < -0.4 is 19.5 Å². The largest absolute Gasteiger partial charge is 0.493 e. The number of benzene rings is 2. The number of aliphatic imine (C=N–C) groups is 1. The fourth-order valence-corrected chi connectivity index (χ4v) is 3.96. The van der Waals surface area contributed by atoms with Gasteiger partial charge in [0, 0.05) is 19.6 Å². The van der Waals surface area contributed by atoms with Crippen LogP contribution in [0.4, 0.5) is 0 Å². The Morgan fingerprint density at radius 2 is 1.73 bits per heavy atom. The van der Waals surface area contributed by atoms with Gasteiger partial charge in [0.1, 0.15) is 0 Å². The van der Waals surface area contributed by atoms with E-state index in [9.17, 15) is 0 Å². The third kappa shape index (κ3) is 5.38. The van der Waals surface area contributed by atoms with E-state index >= 15 is 0 Å². The van der Waals surface area contributed by atoms with Crippen LogP contribution in [0.3, 0.4) is 0 Å². The van der Waals surface area contributed by atoms with Gasteiger partial charge in [-0.3, -0.25) is 0 Å². The molecule has 1 aliphatic heterocycles. The summed E-state index contributed by atoms with van der Waals surface area (Å²) in [5, 5.41) is 3.45. The van der Waals surface area contributed by atoms with Crippen LogP contribution in [0.25, 0.3) is 0 Å². The van der Waals surface area contributed by atoms with Crippen LogP contribution >= 0.6 is 0 Å². The van der Waals surface area contributed by atoms with Crippen molar-refractivity contribution in [3.63, 3.8) is 0 Å². The van der Waals surface area contributed by atoms with Crippen molar-refractivity contribution < 1.29 is 14.2 Å². The molecular formula is C24H33N3O3. The third-order valence-corrected chi connectivity index (χ3v) is 5.42. The van der Waals surface area contributed by atoms with E-state index in [0.717, 1.165) is 37.6 Å². The van der Waals surface area contributed by atoms with Gasteiger partial charge in [0.25, 0.3) is 0 Å². The molecule has 0 aliphatic carbocycles. The van der Waals surface area contributed by atoms with Gasteiger partial charge in [0.05, 0.1) is 27.9 Å². The third-order valence-electron chi connectivity index (χ3n) is 5.42. The summed E-state index contributed by atoms with van der Waals surface area (Å²) in [5.74, 6) is 3.51. The minimum absolute atomic E-state index is 0.541. The van der Waals surface area contributed by atoms with Crippen LogP contribution in [0.1, 0.15) is 24.5 Å². The van der Waals surface area contributed by atoms with Gasteiger partial charge < -0.3 is 24.4 Å². The second-order valence-corrected chi connectivity index (χ2v) is 7.49. The van der Waals surface area contributed by atoms with Gasteiger partial charge in [-0.25, -0.2) is 4.99 Å². The van der Waals surface area contributed by atoms with Crippen LogP contribution in [-0.4, -0.2) is 51.8 Å². The molecule has 1 saturated heterocycles. The number of methoxy groups -OCH3 is 3. The number of guanidine groups is 1. The van der Waals surface area contributed by atoms with Gasteiger partial charge >= 0.3 is 0 Å². The van der Waals surface area contributed by atoms with E-state index in [2.05, 4.69) is 47.5 Å². The Hall–Kier alpha value is -2.89. The van der Waals surface area contributed by atoms with Crippen LogP contribution in [0, 0.1) is 5.92 Å². The first-order chi connectivity index (χ1) is 14.7. The van der Waals surface area contributed by atoms with E-state index < -0.39 is 0 Å². The molecule has 1 fully saturated rings. The van der Waals surface area contributed by atoms with E-state index in [1.54, 1.807) is 21.3 Å². The maximum atomic E-state index is 5.46. The molecule has 1 N–H and O–H groups in total. The highest BCUT2D eigenvalue weighted by Crippen LogP contribution is 2.38. The molecule has 2 aromatic carbocycles. The lowest BCUT2D eigenvalue weighted by Gasteiger charge is -2.22. The lowest BCUT2D eigenvalue weighted by atomic mass is 9.99. The van der Waals surface area contributed by atoms with Crippen molar-refractivity contribution in [3.05, 3.63) is 53.6 Å². The summed E-state index contributed by atoms with van der Waals surface area (Å²) in [6.45, 7) is 5.54. The number of ether oxygens (including phenoxy) is 3. The van der Waals surface area contributed by atoms with Gasteiger partial charge in [-0.15, -0.1) is 0 Å². The molecule has 162 valence electrons. The first-order valence-corrected chi connectivity index (χ1v) is 10.5. The first-order valence-electron chi connectivity index (χ1n) is 10.5. The van der Waals surface area contributed by atoms with Gasteiger partial charge in [0.2, 0.25) is 5.75 Å². The summed E-state index contributed by atoms with van der Waals surface area (Å²) >= 11 is 0. The minimum atomic E-state index is 0.541. The molecule has 0 bridgehead atoms. The molecular weight excluding hydrogens is 378 g/mol. The maximum absolute atomic E-state index is 5.46. The standard InChI is InChI=1S/C24H33N3O3/c1-5-25-24(27-12-11-19(17-27)13-18-9-7-6-8-10-18)26-16-20-14-21(28-2)23(30-4)22(15-20)29-3/h6-10,14-15,19H,5,11-13,16-17H2,1-4H3,(H,25,26). The van der Waals surface area contributed by atoms with Crippen molar-refractivity contribution in [1.82, 2.24) is 10.2 Å². The molecule has 2 aromatic rings. The Kier molecular flexibility index (Phi) is 7.82. The van der Waals surface area contributed by atoms with Crippen molar-refractivity contribution in [3.8, 4) is 17.2 Å². The molecule has 0 radical (unpaired) electrons. The van der Waals surface area contributed by atoms with Crippen molar-refractivity contribution in [1.29, 1.82) is 0 Å². The molecule has 6 nitrogen and oxygen atoms in total. The van der Waals surface area contributed by atoms with E-state index in [0.29, 0.717) is 29.7 Å². The van der Waals surface area contributed by atoms with E-state index in [1.807, 2.05) is 12.1 Å². The second-order valence-electron chi connectivity index (χ2n) is 7.49. The van der Waals surface area contributed by atoms with Gasteiger partial charge in [-0.05, 0) is 48.9 Å². The summed E-state index contributed by atoms with van der Waals surface area (Å²) in [5.41, 5.74) is 2.42. The zero-order valence-electron chi connectivity index (χ0n) is 18.5. The molecule has 0 spiro atoms. The maximum Gasteiger partial charge on any atom is 0.203 e. The van der Waals surface area contributed by atoms with Gasteiger partial charge in [0.15, 0.2) is 17.5 Å². The number of likely N-dealkylation sites (tertiary alicyclic amines) is 1. The number of hydrogen-bond donors (Lipinski definition) is 1. The smallest absolute Gasteiger partial charge is 0.203 e. The molecule has 30 heavy (non-hydrogen) atoms. The van der Waals surface area contributed by atoms with E-state index in [4.69, 9.17) is 19.2 Å². The predicted octanol–water partition coefficient (Wildman–Crippen LogP) is 3.74. The Morgan fingerprint density at radius 1 is 1.03 bits per heavy atom. The highest BCUT2D eigenvalue weighted by molar-refractivity contribution is 5.80. The lowest BCUT2D eigenvalue weighted by Crippen LogP contribution is -2.40. The Labute approximate surface area is 179 Å². The fraction of sp³-hybridized carbons (Fsp3) is 0.458. The summed E-state index contributed by atoms with van der Waals surface area (Å²) < 4.78 is 16.3. The molecule has 0 amide bonds. The monoisotopic (exact) mass is 411 g/mol. The number of hydrogen-bond acceptors (Lipinski definition) is 4. The van der Waals surface area contributed by atoms with Gasteiger partial charge in [-0.1, -0.05) is 30.3 Å². The van der Waals surface area contributed by atoms with Crippen LogP contribution in [-0.2, 0) is 13.0 Å². The average Bonchev–Trinajstić information content (AvgIpc) is 3.24. The van der Waals surface area contributed by atoms with Crippen molar-refractivity contribution in [2.24, 2.45) is 10.9 Å². The van der Waals surface area contributed by atoms with Crippen molar-refractivity contribution in [2.75, 3.05) is 41.0 Å². The number of nitrogens with zero attached hydrogens (tertiary/aromatic N) is 2. The summed E-state index contributed by atoms with van der Waals surface area (Å²) in [6.07, 6.45) is 2.30. The van der Waals surface area contributed by atoms with Crippen molar-refractivity contribution >= 4 is 5.96 Å². The predicted molar refractivity (Wildman–Crippen MR) is 121 cm³/mol. The quantitative estimate of drug-likeness (QED) is 0.530. The summed E-state index contributed by atoms with van der Waals surface area (Å²) in [7, 11) is 4.87. The highest BCUT2D eigenvalue weighted by Gasteiger charge is 2.25. The Balaban J connectivity index is 1.70. The van der Waals surface area contributed by atoms with Gasteiger partial charge in [-0.2, -0.15) is 0 Å². The number of rotatable bonds is 8. The number of nitrogens with one attached hydrogen (secondary N) is 1. The van der Waals surface area contributed by atoms with Crippen LogP contribution in [0.2, 0.25) is 0 Å². The molecule has 1 atom stereocenters. The lowest BCUT2D eigenvalue weighted by molar-refractivity contribution is 0.324.